The molecule has 4 radical (unpaired) electrons. The molecule has 46 heavy (non-hydrogen) atoms. The van der Waals surface area contributed by atoms with Crippen molar-refractivity contribution in [3.8, 4) is 22.3 Å². The molecule has 0 aliphatic carbocycles. The number of alkyl halides is 5. The van der Waals surface area contributed by atoms with Gasteiger partial charge in [0.15, 0.2) is 0 Å². The van der Waals surface area contributed by atoms with Crippen LogP contribution in [0.3, 0.4) is 0 Å². The number of hydrogen-bond acceptors (Lipinski definition) is 9. The Balaban J connectivity index is 1.54. The number of furan rings is 1. The van der Waals surface area contributed by atoms with Gasteiger partial charge in [0.1, 0.15) is 44.9 Å². The Labute approximate surface area is 270 Å². The minimum Gasteiger partial charge on any atom is -0.501 e. The summed E-state index contributed by atoms with van der Waals surface area (Å²) in [5.41, 5.74) is -1.46. The van der Waals surface area contributed by atoms with Crippen LogP contribution in [0.5, 0.6) is 11.6 Å². The highest BCUT2D eigenvalue weighted by Gasteiger charge is 2.52. The van der Waals surface area contributed by atoms with Crippen LogP contribution in [-0.4, -0.2) is 60.3 Å². The Morgan fingerprint density at radius 1 is 1.11 bits per heavy atom. The summed E-state index contributed by atoms with van der Waals surface area (Å²) in [6, 6.07) is 6.95. The van der Waals surface area contributed by atoms with Crippen LogP contribution in [0.1, 0.15) is 18.2 Å². The highest BCUT2D eigenvalue weighted by Crippen LogP contribution is 2.47. The maximum atomic E-state index is 16.5. The Morgan fingerprint density at radius 2 is 1.85 bits per heavy atom. The summed E-state index contributed by atoms with van der Waals surface area (Å²) < 4.78 is 107. The van der Waals surface area contributed by atoms with Gasteiger partial charge >= 0.3 is 18.1 Å². The molecule has 0 aliphatic heterocycles. The highest BCUT2D eigenvalue weighted by molar-refractivity contribution is 9.10. The third-order valence-electron chi connectivity index (χ3n) is 6.22. The van der Waals surface area contributed by atoms with Gasteiger partial charge in [0, 0.05) is 12.3 Å². The normalized spacial score (nSPS) is 13.1. The summed E-state index contributed by atoms with van der Waals surface area (Å²) in [6.07, 6.45) is -5.44. The lowest BCUT2D eigenvalue weighted by molar-refractivity contribution is -0.174. The number of benzene rings is 1. The zero-order valence-corrected chi connectivity index (χ0v) is 25.6. The third kappa shape index (κ3) is 6.74. The summed E-state index contributed by atoms with van der Waals surface area (Å²) in [6.45, 7) is -0.507. The minimum absolute atomic E-state index is 0.0646. The van der Waals surface area contributed by atoms with Crippen molar-refractivity contribution in [1.29, 1.82) is 0 Å². The first kappa shape index (κ1) is 33.4. The van der Waals surface area contributed by atoms with Gasteiger partial charge in [-0.05, 0) is 47.1 Å². The second kappa shape index (κ2) is 12.7. The van der Waals surface area contributed by atoms with Gasteiger partial charge in [-0.3, -0.25) is 4.68 Å². The van der Waals surface area contributed by atoms with Crippen LogP contribution in [-0.2, 0) is 27.4 Å². The fourth-order valence-electron chi connectivity index (χ4n) is 4.33. The Bertz CT molecular complexity index is 1880. The van der Waals surface area contributed by atoms with Crippen LogP contribution >= 0.6 is 27.3 Å². The van der Waals surface area contributed by atoms with E-state index in [0.717, 1.165) is 48.1 Å². The van der Waals surface area contributed by atoms with Crippen molar-refractivity contribution in [2.45, 2.75) is 37.1 Å². The van der Waals surface area contributed by atoms with Crippen LogP contribution < -0.4 is 9.47 Å². The number of fused-ring (bicyclic) bond motifs is 1. The summed E-state index contributed by atoms with van der Waals surface area (Å²) in [5, 5.41) is 1.01. The number of esters is 1. The summed E-state index contributed by atoms with van der Waals surface area (Å²) in [5.74, 6) is -6.82. The van der Waals surface area contributed by atoms with Gasteiger partial charge in [0.25, 0.3) is 12.1 Å². The zero-order valence-electron chi connectivity index (χ0n) is 23.2. The molecule has 9 nitrogen and oxygen atoms in total. The molecule has 1 atom stereocenters. The van der Waals surface area contributed by atoms with Crippen LogP contribution in [0.25, 0.3) is 20.9 Å². The number of halogens is 7. The predicted molar refractivity (Wildman–Crippen MR) is 156 cm³/mol. The van der Waals surface area contributed by atoms with Gasteiger partial charge in [0.05, 0.1) is 38.0 Å². The first-order valence-electron chi connectivity index (χ1n) is 13.0. The first-order chi connectivity index (χ1) is 21.6. The van der Waals surface area contributed by atoms with E-state index in [1.54, 1.807) is 0 Å². The minimum atomic E-state index is -4.72. The van der Waals surface area contributed by atoms with Crippen molar-refractivity contribution in [3.05, 3.63) is 76.7 Å². The lowest BCUT2D eigenvalue weighted by Crippen LogP contribution is -2.45. The molecule has 0 saturated heterocycles. The van der Waals surface area contributed by atoms with Crippen molar-refractivity contribution in [3.63, 3.8) is 0 Å². The second-order valence-electron chi connectivity index (χ2n) is 9.46. The predicted octanol–water partition coefficient (Wildman–Crippen LogP) is 6.24. The van der Waals surface area contributed by atoms with E-state index in [1.807, 2.05) is 0 Å². The molecule has 19 heteroatoms. The number of aromatic nitrogens is 4. The second-order valence-corrected chi connectivity index (χ2v) is 11.3. The van der Waals surface area contributed by atoms with E-state index in [0.29, 0.717) is 9.56 Å². The number of ether oxygens (including phenoxy) is 3. The smallest absolute Gasteiger partial charge is 0.408 e. The molecule has 0 aliphatic rings. The molecule has 1 aromatic carbocycles. The van der Waals surface area contributed by atoms with Gasteiger partial charge in [-0.2, -0.15) is 31.4 Å². The molecule has 5 aromatic rings. The lowest BCUT2D eigenvalue weighted by atomic mass is 9.63. The van der Waals surface area contributed by atoms with Crippen LogP contribution in [0.15, 0.2) is 63.9 Å². The maximum Gasteiger partial charge on any atom is 0.408 e. The molecule has 0 amide bonds. The SMILES string of the molecule is [B]C([B])(Oc1ccccc1C(F)(F)C(Oc1ncnc2sc(-c3ccc(F)o3)c(Br)c12)C(=O)OCC)c1ccnn1CC(F)(F)F. The van der Waals surface area contributed by atoms with Gasteiger partial charge in [0.2, 0.25) is 5.88 Å². The van der Waals surface area contributed by atoms with Gasteiger partial charge < -0.3 is 18.6 Å². The van der Waals surface area contributed by atoms with E-state index in [2.05, 4.69) is 31.0 Å². The largest absolute Gasteiger partial charge is 0.501 e. The molecular formula is C27H17B2BrF6N4O5S. The molecule has 236 valence electrons. The van der Waals surface area contributed by atoms with Crippen molar-refractivity contribution >= 4 is 59.1 Å². The summed E-state index contributed by atoms with van der Waals surface area (Å²) in [4.78, 5) is 21.6. The van der Waals surface area contributed by atoms with Gasteiger partial charge in [-0.1, -0.05) is 12.1 Å². The van der Waals surface area contributed by atoms with E-state index in [4.69, 9.17) is 34.3 Å². The summed E-state index contributed by atoms with van der Waals surface area (Å²) in [7, 11) is 12.0. The number of rotatable bonds is 11. The maximum absolute atomic E-state index is 16.5. The van der Waals surface area contributed by atoms with E-state index >= 15 is 8.78 Å². The number of carbonyl (C=O) groups is 1. The molecule has 0 saturated carbocycles. The van der Waals surface area contributed by atoms with E-state index < -0.39 is 65.0 Å². The standard InChI is InChI=1S/C27H17B2BrF6N4O5S/c1-2-42-24(41)21(44-22-18-19(30)20(15-7-8-17(31)43-15)46-23(18)38-12-37-22)26(35,36)13-5-3-4-6-14(13)45-27(28,29)16-9-10-39-40(16)11-25(32,33)34/h3-10,12,21H,2,11H2,1H3. The zero-order chi connectivity index (χ0) is 33.4. The molecule has 5 rings (SSSR count). The Hall–Kier alpha value is -3.99. The number of nitrogens with zero attached hydrogens (tertiary/aromatic N) is 4. The van der Waals surface area contributed by atoms with Gasteiger partial charge in [-0.25, -0.2) is 14.8 Å². The number of para-hydroxylation sites is 1. The lowest BCUT2D eigenvalue weighted by Gasteiger charge is -2.32. The fourth-order valence-corrected chi connectivity index (χ4v) is 6.24. The quantitative estimate of drug-likeness (QED) is 0.0897. The molecule has 0 N–H and O–H groups in total. The Morgan fingerprint density at radius 3 is 2.52 bits per heavy atom. The molecule has 4 heterocycles. The molecule has 0 fully saturated rings. The molecule has 4 aromatic heterocycles. The molecular weight excluding hydrogens is 708 g/mol. The average Bonchev–Trinajstić information content (AvgIpc) is 3.70. The van der Waals surface area contributed by atoms with Crippen molar-refractivity contribution in [2.75, 3.05) is 6.61 Å². The van der Waals surface area contributed by atoms with Crippen LogP contribution in [0.2, 0.25) is 0 Å². The topological polar surface area (TPSA) is 102 Å². The average molecular weight is 725 g/mol. The molecule has 0 bridgehead atoms. The number of thiophene rings is 1. The van der Waals surface area contributed by atoms with Gasteiger partial charge in [-0.15, -0.1) is 11.3 Å². The van der Waals surface area contributed by atoms with Crippen molar-refractivity contribution in [2.24, 2.45) is 0 Å². The van der Waals surface area contributed by atoms with E-state index in [1.165, 1.54) is 25.1 Å². The molecule has 0 spiro atoms. The van der Waals surface area contributed by atoms with Crippen molar-refractivity contribution in [1.82, 2.24) is 19.7 Å². The first-order valence-corrected chi connectivity index (χ1v) is 14.6. The highest BCUT2D eigenvalue weighted by atomic mass is 79.9. The van der Waals surface area contributed by atoms with E-state index in [-0.39, 0.29) is 27.1 Å². The monoisotopic (exact) mass is 724 g/mol. The number of hydrogen-bond donors (Lipinski definition) is 0. The van der Waals surface area contributed by atoms with E-state index in [9.17, 15) is 22.4 Å². The summed E-state index contributed by atoms with van der Waals surface area (Å²) >= 11 is 4.33. The number of carbonyl (C=O) groups excluding carboxylic acids is 1. The van der Waals surface area contributed by atoms with Crippen molar-refractivity contribution < 1.29 is 49.8 Å². The Kier molecular flexibility index (Phi) is 9.19. The fraction of sp³-hybridized carbons (Fsp3) is 0.259. The molecule has 1 unspecified atom stereocenters. The van der Waals surface area contributed by atoms with Crippen LogP contribution in [0.4, 0.5) is 26.3 Å². The van der Waals surface area contributed by atoms with Crippen LogP contribution in [0, 0.1) is 6.01 Å². The third-order valence-corrected chi connectivity index (χ3v) is 8.39.